The third-order valence-electron chi connectivity index (χ3n) is 3.73. The van der Waals surface area contributed by atoms with Gasteiger partial charge in [0.15, 0.2) is 5.17 Å². The fourth-order valence-electron chi connectivity index (χ4n) is 2.37. The van der Waals surface area contributed by atoms with Crippen molar-refractivity contribution < 1.29 is 4.74 Å². The van der Waals surface area contributed by atoms with E-state index in [2.05, 4.69) is 34.9 Å². The Labute approximate surface area is 146 Å². The van der Waals surface area contributed by atoms with Gasteiger partial charge in [-0.1, -0.05) is 37.7 Å². The molecule has 0 radical (unpaired) electrons. The van der Waals surface area contributed by atoms with Crippen molar-refractivity contribution in [3.63, 3.8) is 0 Å². The van der Waals surface area contributed by atoms with Crippen LogP contribution in [-0.4, -0.2) is 22.2 Å². The highest BCUT2D eigenvalue weighted by atomic mass is 32.2. The maximum atomic E-state index is 6.03. The molecule has 2 heterocycles. The van der Waals surface area contributed by atoms with E-state index in [9.17, 15) is 0 Å². The van der Waals surface area contributed by atoms with Gasteiger partial charge in [0.05, 0.1) is 35.6 Å². The Hall–Kier alpha value is -2.34. The summed E-state index contributed by atoms with van der Waals surface area (Å²) >= 11 is 1.48. The molecule has 5 nitrogen and oxygen atoms in total. The van der Waals surface area contributed by atoms with E-state index in [1.165, 1.54) is 11.8 Å². The number of aliphatic imine (C=N–C) groups is 1. The van der Waals surface area contributed by atoms with Gasteiger partial charge in [0.2, 0.25) is 0 Å². The zero-order chi connectivity index (χ0) is 17.1. The molecule has 6 heteroatoms. The zero-order valence-corrected chi connectivity index (χ0v) is 14.7. The SMILES string of the molecule is COc1cccc(C2=CC(c3cnc(C(C)C)cn3)SC(N)=N2)c1. The molecule has 1 aromatic carbocycles. The minimum atomic E-state index is -0.00240. The van der Waals surface area contributed by atoms with Gasteiger partial charge in [0, 0.05) is 11.8 Å². The number of hydrogen-bond acceptors (Lipinski definition) is 6. The Bertz CT molecular complexity index is 784. The molecule has 124 valence electrons. The predicted molar refractivity (Wildman–Crippen MR) is 99.0 cm³/mol. The number of amidine groups is 1. The van der Waals surface area contributed by atoms with Crippen molar-refractivity contribution in [3.05, 3.63) is 59.7 Å². The Morgan fingerprint density at radius 1 is 1.21 bits per heavy atom. The van der Waals surface area contributed by atoms with E-state index in [4.69, 9.17) is 10.5 Å². The summed E-state index contributed by atoms with van der Waals surface area (Å²) in [4.78, 5) is 13.5. The number of ether oxygens (including phenoxy) is 1. The minimum absolute atomic E-state index is 0.00240. The summed E-state index contributed by atoms with van der Waals surface area (Å²) in [6, 6.07) is 7.78. The van der Waals surface area contributed by atoms with Crippen molar-refractivity contribution in [1.29, 1.82) is 0 Å². The third kappa shape index (κ3) is 3.59. The summed E-state index contributed by atoms with van der Waals surface area (Å²) < 4.78 is 5.29. The van der Waals surface area contributed by atoms with Crippen LogP contribution in [0.1, 0.15) is 42.0 Å². The van der Waals surface area contributed by atoms with Crippen molar-refractivity contribution in [2.45, 2.75) is 25.0 Å². The summed E-state index contributed by atoms with van der Waals surface area (Å²) in [7, 11) is 1.65. The number of nitrogens with zero attached hydrogens (tertiary/aromatic N) is 3. The lowest BCUT2D eigenvalue weighted by Crippen LogP contribution is -2.14. The quantitative estimate of drug-likeness (QED) is 0.917. The molecule has 0 bridgehead atoms. The molecular weight excluding hydrogens is 320 g/mol. The molecule has 1 aliphatic heterocycles. The van der Waals surface area contributed by atoms with Crippen LogP contribution in [-0.2, 0) is 0 Å². The monoisotopic (exact) mass is 340 g/mol. The summed E-state index contributed by atoms with van der Waals surface area (Å²) in [5.41, 5.74) is 9.68. The highest BCUT2D eigenvalue weighted by Crippen LogP contribution is 2.37. The van der Waals surface area contributed by atoms with Crippen LogP contribution in [0.3, 0.4) is 0 Å². The topological polar surface area (TPSA) is 73.4 Å². The van der Waals surface area contributed by atoms with E-state index in [-0.39, 0.29) is 5.25 Å². The first-order chi connectivity index (χ1) is 11.6. The van der Waals surface area contributed by atoms with Crippen LogP contribution < -0.4 is 10.5 Å². The minimum Gasteiger partial charge on any atom is -0.497 e. The Morgan fingerprint density at radius 3 is 2.71 bits per heavy atom. The fraction of sp³-hybridized carbons (Fsp3) is 0.278. The predicted octanol–water partition coefficient (Wildman–Crippen LogP) is 3.75. The largest absolute Gasteiger partial charge is 0.497 e. The van der Waals surface area contributed by atoms with Crippen LogP contribution in [0.2, 0.25) is 0 Å². The molecule has 1 aromatic heterocycles. The van der Waals surface area contributed by atoms with E-state index >= 15 is 0 Å². The smallest absolute Gasteiger partial charge is 0.160 e. The lowest BCUT2D eigenvalue weighted by Gasteiger charge is -2.18. The van der Waals surface area contributed by atoms with Crippen LogP contribution in [0.15, 0.2) is 47.7 Å². The molecule has 0 fully saturated rings. The number of methoxy groups -OCH3 is 1. The van der Waals surface area contributed by atoms with Crippen molar-refractivity contribution in [3.8, 4) is 5.75 Å². The van der Waals surface area contributed by atoms with Gasteiger partial charge in [-0.05, 0) is 24.1 Å². The molecular formula is C18H20N4OS. The Morgan fingerprint density at radius 2 is 2.04 bits per heavy atom. The van der Waals surface area contributed by atoms with Gasteiger partial charge in [-0.25, -0.2) is 4.99 Å². The normalized spacial score (nSPS) is 17.4. The zero-order valence-electron chi connectivity index (χ0n) is 13.9. The Balaban J connectivity index is 1.92. The molecule has 24 heavy (non-hydrogen) atoms. The van der Waals surface area contributed by atoms with E-state index in [0.717, 1.165) is 28.4 Å². The summed E-state index contributed by atoms with van der Waals surface area (Å²) in [6.45, 7) is 4.20. The van der Waals surface area contributed by atoms with E-state index < -0.39 is 0 Å². The molecule has 0 spiro atoms. The fourth-order valence-corrected chi connectivity index (χ4v) is 3.22. The first-order valence-electron chi connectivity index (χ1n) is 7.75. The number of rotatable bonds is 4. The van der Waals surface area contributed by atoms with Gasteiger partial charge in [-0.3, -0.25) is 9.97 Å². The van der Waals surface area contributed by atoms with Crippen LogP contribution in [0.5, 0.6) is 5.75 Å². The van der Waals surface area contributed by atoms with Gasteiger partial charge in [-0.2, -0.15) is 0 Å². The summed E-state index contributed by atoms with van der Waals surface area (Å²) in [5, 5.41) is 0.521. The van der Waals surface area contributed by atoms with E-state index in [1.807, 2.05) is 36.7 Å². The molecule has 2 aromatic rings. The number of thioether (sulfide) groups is 1. The van der Waals surface area contributed by atoms with Crippen molar-refractivity contribution in [1.82, 2.24) is 9.97 Å². The summed E-state index contributed by atoms with van der Waals surface area (Å²) in [6.07, 6.45) is 5.72. The number of hydrogen-bond donors (Lipinski definition) is 1. The van der Waals surface area contributed by atoms with Crippen LogP contribution in [0, 0.1) is 0 Å². The van der Waals surface area contributed by atoms with Gasteiger partial charge in [-0.15, -0.1) is 0 Å². The molecule has 0 saturated heterocycles. The highest BCUT2D eigenvalue weighted by molar-refractivity contribution is 8.14. The molecule has 3 rings (SSSR count). The Kier molecular flexibility index (Phi) is 4.85. The van der Waals surface area contributed by atoms with Gasteiger partial charge in [0.25, 0.3) is 0 Å². The molecule has 0 amide bonds. The van der Waals surface area contributed by atoms with Crippen molar-refractivity contribution in [2.24, 2.45) is 10.7 Å². The van der Waals surface area contributed by atoms with Crippen LogP contribution in [0.4, 0.5) is 0 Å². The first-order valence-corrected chi connectivity index (χ1v) is 8.63. The molecule has 1 aliphatic rings. The second-order valence-corrected chi connectivity index (χ2v) is 6.96. The van der Waals surface area contributed by atoms with E-state index in [0.29, 0.717) is 11.1 Å². The second-order valence-electron chi connectivity index (χ2n) is 5.79. The average molecular weight is 340 g/mol. The van der Waals surface area contributed by atoms with E-state index in [1.54, 1.807) is 7.11 Å². The molecule has 0 saturated carbocycles. The van der Waals surface area contributed by atoms with Gasteiger partial charge >= 0.3 is 0 Å². The third-order valence-corrected chi connectivity index (χ3v) is 4.69. The summed E-state index contributed by atoms with van der Waals surface area (Å²) in [5.74, 6) is 1.15. The maximum absolute atomic E-state index is 6.03. The number of aromatic nitrogens is 2. The van der Waals surface area contributed by atoms with Gasteiger partial charge < -0.3 is 10.5 Å². The van der Waals surface area contributed by atoms with Crippen LogP contribution >= 0.6 is 11.8 Å². The van der Waals surface area contributed by atoms with Gasteiger partial charge in [0.1, 0.15) is 5.75 Å². The first kappa shape index (κ1) is 16.5. The molecule has 1 atom stereocenters. The molecule has 1 unspecified atom stereocenters. The lowest BCUT2D eigenvalue weighted by molar-refractivity contribution is 0.414. The van der Waals surface area contributed by atoms with Crippen LogP contribution in [0.25, 0.3) is 5.70 Å². The highest BCUT2D eigenvalue weighted by Gasteiger charge is 2.20. The standard InChI is InChI=1S/C18H20N4OS/c1-11(2)15-9-21-16(10-20-15)17-8-14(22-18(19)24-17)12-5-4-6-13(7-12)23-3/h4-11,17H,1-3H3,(H2,19,22). The second kappa shape index (κ2) is 7.05. The average Bonchev–Trinajstić information content (AvgIpc) is 2.61. The van der Waals surface area contributed by atoms with Crippen molar-refractivity contribution in [2.75, 3.05) is 7.11 Å². The molecule has 0 aliphatic carbocycles. The van der Waals surface area contributed by atoms with Crippen molar-refractivity contribution >= 4 is 22.6 Å². The lowest BCUT2D eigenvalue weighted by atomic mass is 10.1. The maximum Gasteiger partial charge on any atom is 0.160 e. The molecule has 2 N–H and O–H groups in total. The number of benzene rings is 1. The number of nitrogens with two attached hydrogens (primary N) is 1.